The lowest BCUT2D eigenvalue weighted by atomic mass is 9.92. The smallest absolute Gasteiger partial charge is 0.251 e. The van der Waals surface area contributed by atoms with Gasteiger partial charge in [0.05, 0.1) is 5.69 Å². The molecule has 2 atom stereocenters. The molecule has 1 saturated heterocycles. The molecule has 1 aliphatic rings. The summed E-state index contributed by atoms with van der Waals surface area (Å²) in [6.07, 6.45) is 2.30. The maximum absolute atomic E-state index is 12.6. The first kappa shape index (κ1) is 25.5. The van der Waals surface area contributed by atoms with Crippen LogP contribution in [-0.2, 0) is 5.75 Å². The van der Waals surface area contributed by atoms with Gasteiger partial charge in [-0.15, -0.1) is 11.8 Å². The highest BCUT2D eigenvalue weighted by Gasteiger charge is 2.21. The quantitative estimate of drug-likeness (QED) is 0.279. The van der Waals surface area contributed by atoms with Crippen LogP contribution in [0.1, 0.15) is 54.1 Å². The molecule has 1 amide bonds. The average Bonchev–Trinajstić information content (AvgIpc) is 3.21. The van der Waals surface area contributed by atoms with E-state index in [1.165, 1.54) is 30.0 Å². The molecule has 2 heterocycles. The lowest BCUT2D eigenvalue weighted by molar-refractivity contribution is 0.0947. The zero-order valence-corrected chi connectivity index (χ0v) is 22.2. The second-order valence-corrected chi connectivity index (χ2v) is 11.1. The number of aromatic nitrogens is 1. The van der Waals surface area contributed by atoms with Crippen LogP contribution in [0, 0.1) is 25.7 Å². The number of carbonyl (C=O) groups excluding carboxylic acids is 1. The van der Waals surface area contributed by atoms with Crippen molar-refractivity contribution in [3.05, 3.63) is 71.1 Å². The van der Waals surface area contributed by atoms with Crippen LogP contribution in [-0.4, -0.2) is 42.0 Å². The van der Waals surface area contributed by atoms with Gasteiger partial charge in [-0.2, -0.15) is 0 Å². The number of amides is 1. The molecule has 5 nitrogen and oxygen atoms in total. The first-order chi connectivity index (χ1) is 16.9. The number of hydrogen-bond acceptors (Lipinski definition) is 5. The first-order valence-corrected chi connectivity index (χ1v) is 13.6. The predicted octanol–water partition coefficient (Wildman–Crippen LogP) is 6.35. The third-order valence-corrected chi connectivity index (χ3v) is 7.59. The highest BCUT2D eigenvalue weighted by atomic mass is 32.2. The minimum absolute atomic E-state index is 0.0318. The lowest BCUT2D eigenvalue weighted by Gasteiger charge is -2.34. The van der Waals surface area contributed by atoms with Gasteiger partial charge < -0.3 is 14.6 Å². The van der Waals surface area contributed by atoms with Crippen molar-refractivity contribution in [2.75, 3.05) is 26.2 Å². The number of nitrogens with one attached hydrogen (secondary N) is 1. The number of carbonyl (C=O) groups is 1. The topological polar surface area (TPSA) is 58.4 Å². The molecule has 6 heteroatoms. The molecule has 0 unspecified atom stereocenters. The Labute approximate surface area is 213 Å². The average molecular weight is 492 g/mol. The zero-order chi connectivity index (χ0) is 24.8. The maximum atomic E-state index is 12.6. The van der Waals surface area contributed by atoms with Gasteiger partial charge in [-0.05, 0) is 81.5 Å². The Bertz CT molecular complexity index is 1100. The third kappa shape index (κ3) is 7.21. The molecule has 0 saturated carbocycles. The second kappa shape index (κ2) is 11.9. The van der Waals surface area contributed by atoms with Crippen LogP contribution in [0.5, 0.6) is 0 Å². The molecule has 4 rings (SSSR count). The summed E-state index contributed by atoms with van der Waals surface area (Å²) in [6, 6.07) is 16.0. The summed E-state index contributed by atoms with van der Waals surface area (Å²) in [6.45, 7) is 12.8. The zero-order valence-electron chi connectivity index (χ0n) is 21.3. The third-order valence-electron chi connectivity index (χ3n) is 6.56. The van der Waals surface area contributed by atoms with E-state index in [9.17, 15) is 4.79 Å². The number of hydrogen-bond donors (Lipinski definition) is 1. The largest absolute Gasteiger partial charge is 0.441 e. The van der Waals surface area contributed by atoms with Crippen molar-refractivity contribution < 1.29 is 9.21 Å². The monoisotopic (exact) mass is 491 g/mol. The number of oxazole rings is 1. The van der Waals surface area contributed by atoms with Crippen LogP contribution < -0.4 is 5.32 Å². The van der Waals surface area contributed by atoms with Crippen LogP contribution in [0.4, 0.5) is 0 Å². The number of nitrogens with zero attached hydrogens (tertiary/aromatic N) is 2. The summed E-state index contributed by atoms with van der Waals surface area (Å²) < 4.78 is 5.93. The van der Waals surface area contributed by atoms with Crippen molar-refractivity contribution in [1.29, 1.82) is 0 Å². The van der Waals surface area contributed by atoms with Gasteiger partial charge in [-0.1, -0.05) is 31.5 Å². The highest BCUT2D eigenvalue weighted by molar-refractivity contribution is 7.98. The summed E-state index contributed by atoms with van der Waals surface area (Å²) in [5, 5.41) is 3.06. The van der Waals surface area contributed by atoms with Crippen molar-refractivity contribution in [2.45, 2.75) is 51.2 Å². The fourth-order valence-electron chi connectivity index (χ4n) is 4.82. The molecule has 2 aromatic carbocycles. The number of benzene rings is 2. The van der Waals surface area contributed by atoms with Crippen molar-refractivity contribution in [3.63, 3.8) is 0 Å². The number of rotatable bonds is 9. The van der Waals surface area contributed by atoms with Crippen LogP contribution >= 0.6 is 11.8 Å². The molecule has 1 aliphatic heterocycles. The van der Waals surface area contributed by atoms with E-state index in [0.29, 0.717) is 18.0 Å². The Hall–Kier alpha value is -2.57. The van der Waals surface area contributed by atoms with Gasteiger partial charge in [0.15, 0.2) is 0 Å². The fourth-order valence-corrected chi connectivity index (χ4v) is 5.72. The van der Waals surface area contributed by atoms with E-state index in [-0.39, 0.29) is 5.91 Å². The second-order valence-electron chi connectivity index (χ2n) is 10.0. The lowest BCUT2D eigenvalue weighted by Crippen LogP contribution is -2.40. The molecule has 1 fully saturated rings. The predicted molar refractivity (Wildman–Crippen MR) is 144 cm³/mol. The Morgan fingerprint density at radius 3 is 2.43 bits per heavy atom. The summed E-state index contributed by atoms with van der Waals surface area (Å²) in [7, 11) is 0. The molecule has 186 valence electrons. The standard InChI is InChI=1S/C29H37N3O2S/c1-20-6-12-26(13-7-20)35-19-27-23(4)34-29(31-27)25-10-8-24(9-11-25)28(33)30-14-5-15-32-17-21(2)16-22(3)18-32/h6-13,21-22H,5,14-19H2,1-4H3,(H,30,33)/t21-,22+. The van der Waals surface area contributed by atoms with Gasteiger partial charge in [0.2, 0.25) is 5.89 Å². The van der Waals surface area contributed by atoms with Gasteiger partial charge in [0, 0.05) is 41.4 Å². The van der Waals surface area contributed by atoms with Gasteiger partial charge in [-0.25, -0.2) is 4.98 Å². The summed E-state index contributed by atoms with van der Waals surface area (Å²) in [4.78, 5) is 21.0. The van der Waals surface area contributed by atoms with Crippen molar-refractivity contribution in [2.24, 2.45) is 11.8 Å². The molecule has 0 spiro atoms. The normalized spacial score (nSPS) is 18.5. The fraction of sp³-hybridized carbons (Fsp3) is 0.448. The summed E-state index contributed by atoms with van der Waals surface area (Å²) >= 11 is 1.75. The van der Waals surface area contributed by atoms with E-state index in [1.807, 2.05) is 31.2 Å². The minimum Gasteiger partial charge on any atom is -0.441 e. The molecule has 0 radical (unpaired) electrons. The SMILES string of the molecule is Cc1ccc(SCc2nc(-c3ccc(C(=O)NCCCN4C[C@H](C)C[C@H](C)C4)cc3)oc2C)cc1. The van der Waals surface area contributed by atoms with E-state index in [1.54, 1.807) is 11.8 Å². The van der Waals surface area contributed by atoms with Gasteiger partial charge in [-0.3, -0.25) is 4.79 Å². The van der Waals surface area contributed by atoms with Crippen molar-refractivity contribution in [1.82, 2.24) is 15.2 Å². The van der Waals surface area contributed by atoms with Crippen molar-refractivity contribution in [3.8, 4) is 11.5 Å². The van der Waals surface area contributed by atoms with E-state index >= 15 is 0 Å². The summed E-state index contributed by atoms with van der Waals surface area (Å²) in [5.41, 5.74) is 3.75. The Morgan fingerprint density at radius 2 is 1.74 bits per heavy atom. The van der Waals surface area contributed by atoms with Gasteiger partial charge in [0.1, 0.15) is 5.76 Å². The van der Waals surface area contributed by atoms with Crippen LogP contribution in [0.2, 0.25) is 0 Å². The Balaban J connectivity index is 1.26. The first-order valence-electron chi connectivity index (χ1n) is 12.6. The minimum atomic E-state index is -0.0318. The molecule has 3 aromatic rings. The number of thioether (sulfide) groups is 1. The Kier molecular flexibility index (Phi) is 8.69. The molecule has 1 aromatic heterocycles. The molecule has 0 aliphatic carbocycles. The van der Waals surface area contributed by atoms with Crippen molar-refractivity contribution >= 4 is 17.7 Å². The molecule has 1 N–H and O–H groups in total. The number of aryl methyl sites for hydroxylation is 2. The van der Waals surface area contributed by atoms with Crippen LogP contribution in [0.25, 0.3) is 11.5 Å². The van der Waals surface area contributed by atoms with E-state index in [2.05, 4.69) is 55.3 Å². The van der Waals surface area contributed by atoms with E-state index in [0.717, 1.165) is 47.6 Å². The highest BCUT2D eigenvalue weighted by Crippen LogP contribution is 2.28. The van der Waals surface area contributed by atoms with Gasteiger partial charge in [0.25, 0.3) is 5.91 Å². The number of piperidine rings is 1. The maximum Gasteiger partial charge on any atom is 0.251 e. The molecular weight excluding hydrogens is 454 g/mol. The summed E-state index contributed by atoms with van der Waals surface area (Å²) in [5.74, 6) is 3.69. The molecule has 35 heavy (non-hydrogen) atoms. The van der Waals surface area contributed by atoms with Gasteiger partial charge >= 0.3 is 0 Å². The number of likely N-dealkylation sites (tertiary alicyclic amines) is 1. The van der Waals surface area contributed by atoms with E-state index in [4.69, 9.17) is 9.40 Å². The van der Waals surface area contributed by atoms with Crippen LogP contribution in [0.15, 0.2) is 57.8 Å². The Morgan fingerprint density at radius 1 is 1.06 bits per heavy atom. The van der Waals surface area contributed by atoms with Crippen LogP contribution in [0.3, 0.4) is 0 Å². The van der Waals surface area contributed by atoms with E-state index < -0.39 is 0 Å². The molecule has 0 bridgehead atoms. The molecular formula is C29H37N3O2S.